The first-order valence-corrected chi connectivity index (χ1v) is 7.23. The van der Waals surface area contributed by atoms with Crippen molar-refractivity contribution in [2.45, 2.75) is 27.0 Å². The van der Waals surface area contributed by atoms with Gasteiger partial charge in [0.1, 0.15) is 0 Å². The number of hydrogen-bond acceptors (Lipinski definition) is 3. The van der Waals surface area contributed by atoms with Crippen LogP contribution in [0.5, 0.6) is 5.75 Å². The predicted octanol–water partition coefficient (Wildman–Crippen LogP) is 4.66. The topological polar surface area (TPSA) is 49.9 Å². The summed E-state index contributed by atoms with van der Waals surface area (Å²) in [4.78, 5) is 0. The van der Waals surface area contributed by atoms with Crippen molar-refractivity contribution in [3.05, 3.63) is 38.6 Å². The number of aromatic nitrogens is 2. The molecule has 114 valence electrons. The van der Waals surface area contributed by atoms with Gasteiger partial charge in [0.2, 0.25) is 0 Å². The highest BCUT2D eigenvalue weighted by Crippen LogP contribution is 2.37. The SMILES string of the molecule is Cc1n[nH]c(C)c1CNc1cc(Cl)cc(Br)c1OC(F)F. The highest BCUT2D eigenvalue weighted by molar-refractivity contribution is 9.10. The summed E-state index contributed by atoms with van der Waals surface area (Å²) in [5, 5.41) is 10.4. The van der Waals surface area contributed by atoms with Crippen LogP contribution in [0, 0.1) is 13.8 Å². The molecule has 0 atom stereocenters. The lowest BCUT2D eigenvalue weighted by Gasteiger charge is -2.15. The molecule has 0 unspecified atom stereocenters. The van der Waals surface area contributed by atoms with Crippen LogP contribution in [0.2, 0.25) is 5.02 Å². The standard InChI is InChI=1S/C13H13BrClF2N3O/c1-6-9(7(2)20-19-6)5-18-11-4-8(15)3-10(14)12(11)21-13(16)17/h3-4,13,18H,5H2,1-2H3,(H,19,20). The van der Waals surface area contributed by atoms with E-state index >= 15 is 0 Å². The first kappa shape index (κ1) is 16.0. The molecule has 4 nitrogen and oxygen atoms in total. The van der Waals surface area contributed by atoms with Gasteiger partial charge in [0.05, 0.1) is 15.9 Å². The monoisotopic (exact) mass is 379 g/mol. The number of aryl methyl sites for hydroxylation is 2. The molecule has 0 saturated carbocycles. The summed E-state index contributed by atoms with van der Waals surface area (Å²) in [6.07, 6.45) is 0. The third-order valence-electron chi connectivity index (χ3n) is 2.95. The van der Waals surface area contributed by atoms with Gasteiger partial charge >= 0.3 is 6.61 Å². The molecular weight excluding hydrogens is 368 g/mol. The fourth-order valence-electron chi connectivity index (χ4n) is 1.92. The number of halogens is 4. The molecule has 1 aromatic heterocycles. The minimum atomic E-state index is -2.92. The molecule has 0 spiro atoms. The predicted molar refractivity (Wildman–Crippen MR) is 81.2 cm³/mol. The summed E-state index contributed by atoms with van der Waals surface area (Å²) in [5.74, 6) is 0.0215. The Bertz CT molecular complexity index is 629. The molecule has 2 rings (SSSR count). The first-order valence-electron chi connectivity index (χ1n) is 6.06. The number of ether oxygens (including phenoxy) is 1. The molecule has 2 N–H and O–H groups in total. The lowest BCUT2D eigenvalue weighted by molar-refractivity contribution is -0.0498. The quantitative estimate of drug-likeness (QED) is 0.793. The lowest BCUT2D eigenvalue weighted by atomic mass is 10.2. The molecule has 0 amide bonds. The molecule has 1 aromatic carbocycles. The average molecular weight is 381 g/mol. The molecule has 2 aromatic rings. The normalized spacial score (nSPS) is 11.0. The maximum atomic E-state index is 12.5. The first-order chi connectivity index (χ1) is 9.88. The van der Waals surface area contributed by atoms with Crippen LogP contribution in [-0.4, -0.2) is 16.8 Å². The van der Waals surface area contributed by atoms with E-state index in [1.165, 1.54) is 12.1 Å². The van der Waals surface area contributed by atoms with E-state index in [1.54, 1.807) is 0 Å². The molecule has 21 heavy (non-hydrogen) atoms. The summed E-state index contributed by atoms with van der Waals surface area (Å²) < 4.78 is 29.9. The van der Waals surface area contributed by atoms with Crippen molar-refractivity contribution in [3.63, 3.8) is 0 Å². The summed E-state index contributed by atoms with van der Waals surface area (Å²) in [6, 6.07) is 3.04. The zero-order valence-corrected chi connectivity index (χ0v) is 13.6. The maximum Gasteiger partial charge on any atom is 0.387 e. The Morgan fingerprint density at radius 2 is 2.14 bits per heavy atom. The Labute approximate surface area is 134 Å². The van der Waals surface area contributed by atoms with E-state index in [4.69, 9.17) is 11.6 Å². The van der Waals surface area contributed by atoms with E-state index in [-0.39, 0.29) is 5.75 Å². The van der Waals surface area contributed by atoms with Gasteiger partial charge in [-0.15, -0.1) is 0 Å². The van der Waals surface area contributed by atoms with Crippen molar-refractivity contribution in [3.8, 4) is 5.75 Å². The van der Waals surface area contributed by atoms with Crippen molar-refractivity contribution >= 4 is 33.2 Å². The molecule has 0 bridgehead atoms. The minimum Gasteiger partial charge on any atom is -0.431 e. The molecule has 0 radical (unpaired) electrons. The number of benzene rings is 1. The van der Waals surface area contributed by atoms with Crippen LogP contribution < -0.4 is 10.1 Å². The van der Waals surface area contributed by atoms with Crippen LogP contribution in [0.25, 0.3) is 0 Å². The lowest BCUT2D eigenvalue weighted by Crippen LogP contribution is -2.08. The van der Waals surface area contributed by atoms with Crippen LogP contribution in [0.15, 0.2) is 16.6 Å². The number of aromatic amines is 1. The van der Waals surface area contributed by atoms with Gasteiger partial charge in [0.15, 0.2) is 5.75 Å². The van der Waals surface area contributed by atoms with E-state index in [0.29, 0.717) is 21.7 Å². The zero-order chi connectivity index (χ0) is 15.6. The van der Waals surface area contributed by atoms with E-state index < -0.39 is 6.61 Å². The highest BCUT2D eigenvalue weighted by Gasteiger charge is 2.16. The van der Waals surface area contributed by atoms with Gasteiger partial charge in [-0.1, -0.05) is 11.6 Å². The van der Waals surface area contributed by atoms with Crippen LogP contribution in [0.1, 0.15) is 17.0 Å². The molecule has 0 saturated heterocycles. The van der Waals surface area contributed by atoms with Gasteiger partial charge < -0.3 is 10.1 Å². The molecule has 1 heterocycles. The number of H-pyrrole nitrogens is 1. The summed E-state index contributed by atoms with van der Waals surface area (Å²) in [7, 11) is 0. The Balaban J connectivity index is 2.26. The Morgan fingerprint density at radius 3 is 2.71 bits per heavy atom. The number of nitrogens with zero attached hydrogens (tertiary/aromatic N) is 1. The van der Waals surface area contributed by atoms with E-state index in [9.17, 15) is 8.78 Å². The van der Waals surface area contributed by atoms with E-state index in [2.05, 4.69) is 36.2 Å². The molecule has 0 fully saturated rings. The third-order valence-corrected chi connectivity index (χ3v) is 3.76. The van der Waals surface area contributed by atoms with Crippen LogP contribution in [0.3, 0.4) is 0 Å². The fourth-order valence-corrected chi connectivity index (χ4v) is 2.82. The Kier molecular flexibility index (Phi) is 5.05. The Morgan fingerprint density at radius 1 is 1.43 bits per heavy atom. The van der Waals surface area contributed by atoms with Gasteiger partial charge in [-0.3, -0.25) is 5.10 Å². The number of alkyl halides is 2. The third kappa shape index (κ3) is 3.85. The van der Waals surface area contributed by atoms with Gasteiger partial charge in [0.25, 0.3) is 0 Å². The van der Waals surface area contributed by atoms with Crippen molar-refractivity contribution in [2.75, 3.05) is 5.32 Å². The summed E-state index contributed by atoms with van der Waals surface area (Å²) >= 11 is 9.12. The summed E-state index contributed by atoms with van der Waals surface area (Å²) in [5.41, 5.74) is 3.11. The molecule has 0 aliphatic carbocycles. The zero-order valence-electron chi connectivity index (χ0n) is 11.3. The maximum absolute atomic E-state index is 12.5. The van der Waals surface area contributed by atoms with Crippen molar-refractivity contribution in [2.24, 2.45) is 0 Å². The van der Waals surface area contributed by atoms with Crippen molar-refractivity contribution < 1.29 is 13.5 Å². The van der Waals surface area contributed by atoms with Gasteiger partial charge in [-0.2, -0.15) is 13.9 Å². The van der Waals surface area contributed by atoms with Crippen LogP contribution in [-0.2, 0) is 6.54 Å². The second-order valence-electron chi connectivity index (χ2n) is 4.41. The number of anilines is 1. The molecule has 0 aliphatic rings. The highest BCUT2D eigenvalue weighted by atomic mass is 79.9. The second-order valence-corrected chi connectivity index (χ2v) is 5.70. The number of rotatable bonds is 5. The molecule has 8 heteroatoms. The van der Waals surface area contributed by atoms with Gasteiger partial charge in [0, 0.05) is 22.8 Å². The van der Waals surface area contributed by atoms with Crippen molar-refractivity contribution in [1.29, 1.82) is 0 Å². The van der Waals surface area contributed by atoms with Gasteiger partial charge in [-0.05, 0) is 41.9 Å². The summed E-state index contributed by atoms with van der Waals surface area (Å²) in [6.45, 7) is 1.26. The largest absolute Gasteiger partial charge is 0.431 e. The van der Waals surface area contributed by atoms with Crippen molar-refractivity contribution in [1.82, 2.24) is 10.2 Å². The van der Waals surface area contributed by atoms with Crippen LogP contribution in [0.4, 0.5) is 14.5 Å². The molecule has 0 aliphatic heterocycles. The van der Waals surface area contributed by atoms with E-state index in [0.717, 1.165) is 17.0 Å². The number of nitrogens with one attached hydrogen (secondary N) is 2. The average Bonchev–Trinajstić information content (AvgIpc) is 2.70. The smallest absolute Gasteiger partial charge is 0.387 e. The fraction of sp³-hybridized carbons (Fsp3) is 0.308. The molecular formula is C13H13BrClF2N3O. The Hall–Kier alpha value is -1.34. The number of hydrogen-bond donors (Lipinski definition) is 2. The minimum absolute atomic E-state index is 0.0215. The van der Waals surface area contributed by atoms with E-state index in [1.807, 2.05) is 13.8 Å². The van der Waals surface area contributed by atoms with Crippen LogP contribution >= 0.6 is 27.5 Å². The second kappa shape index (κ2) is 6.62. The van der Waals surface area contributed by atoms with Gasteiger partial charge in [-0.25, -0.2) is 0 Å².